The topological polar surface area (TPSA) is 20.3 Å². The number of carbonyl (C=O) groups is 1. The Hall–Kier alpha value is -0.615. The summed E-state index contributed by atoms with van der Waals surface area (Å²) >= 11 is 2.33. The Bertz CT molecular complexity index is 445. The maximum Gasteiger partial charge on any atom is 0.185 e. The lowest BCUT2D eigenvalue weighted by Crippen LogP contribution is -2.22. The Kier molecular flexibility index (Phi) is 9.67. The van der Waals surface area contributed by atoms with Gasteiger partial charge in [-0.25, -0.2) is 0 Å². The Morgan fingerprint density at radius 1 is 1.29 bits per heavy atom. The van der Waals surface area contributed by atoms with Crippen LogP contribution >= 0.6 is 22.6 Å². The third-order valence-electron chi connectivity index (χ3n) is 3.40. The molecule has 0 aliphatic heterocycles. The SMILES string of the molecule is BN(CC/C=C/C(=O)CCC)CCCc1ccc(I)cc1. The molecule has 0 spiro atoms. The molecule has 0 aliphatic rings. The van der Waals surface area contributed by atoms with Gasteiger partial charge in [0.15, 0.2) is 13.8 Å². The first kappa shape index (κ1) is 18.4. The first-order valence-corrected chi connectivity index (χ1v) is 8.82. The van der Waals surface area contributed by atoms with E-state index in [1.807, 2.05) is 13.0 Å². The van der Waals surface area contributed by atoms with Crippen molar-refractivity contribution in [2.75, 3.05) is 13.1 Å². The molecule has 1 aromatic carbocycles. The second kappa shape index (κ2) is 11.0. The van der Waals surface area contributed by atoms with Crippen molar-refractivity contribution in [3.05, 3.63) is 45.6 Å². The van der Waals surface area contributed by atoms with E-state index < -0.39 is 0 Å². The van der Waals surface area contributed by atoms with Gasteiger partial charge in [0.25, 0.3) is 0 Å². The van der Waals surface area contributed by atoms with Gasteiger partial charge in [-0.05, 0) is 85.1 Å². The van der Waals surface area contributed by atoms with Crippen LogP contribution in [0, 0.1) is 3.57 Å². The quantitative estimate of drug-likeness (QED) is 0.343. The summed E-state index contributed by atoms with van der Waals surface area (Å²) in [6.07, 6.45) is 8.61. The van der Waals surface area contributed by atoms with Crippen LogP contribution in [-0.4, -0.2) is 31.7 Å². The van der Waals surface area contributed by atoms with E-state index in [9.17, 15) is 4.79 Å². The van der Waals surface area contributed by atoms with Gasteiger partial charge in [0.05, 0.1) is 0 Å². The van der Waals surface area contributed by atoms with Crippen LogP contribution in [-0.2, 0) is 11.2 Å². The molecule has 0 amide bonds. The van der Waals surface area contributed by atoms with E-state index in [0.717, 1.165) is 32.4 Å². The van der Waals surface area contributed by atoms with Gasteiger partial charge in [-0.15, -0.1) is 0 Å². The zero-order valence-corrected chi connectivity index (χ0v) is 15.3. The highest BCUT2D eigenvalue weighted by Crippen LogP contribution is 2.08. The fourth-order valence-electron chi connectivity index (χ4n) is 2.16. The smallest absolute Gasteiger partial charge is 0.185 e. The van der Waals surface area contributed by atoms with Crippen molar-refractivity contribution in [1.82, 2.24) is 4.81 Å². The van der Waals surface area contributed by atoms with E-state index >= 15 is 0 Å². The summed E-state index contributed by atoms with van der Waals surface area (Å²) in [4.78, 5) is 13.7. The molecule has 0 saturated heterocycles. The maximum absolute atomic E-state index is 11.3. The minimum atomic E-state index is 0.249. The lowest BCUT2D eigenvalue weighted by molar-refractivity contribution is -0.114. The molecule has 0 N–H and O–H groups in total. The van der Waals surface area contributed by atoms with Crippen molar-refractivity contribution >= 4 is 36.4 Å². The van der Waals surface area contributed by atoms with E-state index in [1.54, 1.807) is 6.08 Å². The first-order valence-electron chi connectivity index (χ1n) is 7.74. The minimum absolute atomic E-state index is 0.249. The van der Waals surface area contributed by atoms with E-state index in [1.165, 1.54) is 15.6 Å². The van der Waals surface area contributed by atoms with Crippen molar-refractivity contribution in [2.24, 2.45) is 0 Å². The molecule has 1 aromatic rings. The predicted molar refractivity (Wildman–Crippen MR) is 101 cm³/mol. The van der Waals surface area contributed by atoms with Gasteiger partial charge in [-0.3, -0.25) is 4.79 Å². The molecule has 1 rings (SSSR count). The summed E-state index contributed by atoms with van der Waals surface area (Å²) in [7, 11) is 2.15. The van der Waals surface area contributed by atoms with Gasteiger partial charge in [0, 0.05) is 9.99 Å². The van der Waals surface area contributed by atoms with E-state index in [4.69, 9.17) is 0 Å². The summed E-state index contributed by atoms with van der Waals surface area (Å²) in [6, 6.07) is 8.75. The number of nitrogens with zero attached hydrogens (tertiary/aromatic N) is 1. The van der Waals surface area contributed by atoms with Crippen molar-refractivity contribution in [2.45, 2.75) is 39.0 Å². The van der Waals surface area contributed by atoms with Crippen LogP contribution < -0.4 is 0 Å². The molecule has 2 nitrogen and oxygen atoms in total. The Morgan fingerprint density at radius 2 is 2.00 bits per heavy atom. The number of halogens is 1. The second-order valence-electron chi connectivity index (χ2n) is 5.44. The highest BCUT2D eigenvalue weighted by atomic mass is 127. The average molecular weight is 397 g/mol. The summed E-state index contributed by atoms with van der Waals surface area (Å²) in [5.74, 6) is 0.249. The molecular formula is C17H25BINO. The van der Waals surface area contributed by atoms with Crippen LogP contribution in [0.4, 0.5) is 0 Å². The van der Waals surface area contributed by atoms with Gasteiger partial charge in [-0.2, -0.15) is 0 Å². The highest BCUT2D eigenvalue weighted by molar-refractivity contribution is 14.1. The van der Waals surface area contributed by atoms with Crippen LogP contribution in [0.25, 0.3) is 0 Å². The summed E-state index contributed by atoms with van der Waals surface area (Å²) < 4.78 is 1.29. The zero-order chi connectivity index (χ0) is 15.5. The Labute approximate surface area is 143 Å². The van der Waals surface area contributed by atoms with Gasteiger partial charge >= 0.3 is 0 Å². The molecule has 21 heavy (non-hydrogen) atoms. The summed E-state index contributed by atoms with van der Waals surface area (Å²) in [5.41, 5.74) is 1.41. The number of allylic oxidation sites excluding steroid dienone is 1. The zero-order valence-electron chi connectivity index (χ0n) is 13.1. The minimum Gasteiger partial charge on any atom is -0.348 e. The number of benzene rings is 1. The molecule has 0 unspecified atom stereocenters. The van der Waals surface area contributed by atoms with E-state index in [2.05, 4.69) is 59.6 Å². The van der Waals surface area contributed by atoms with Crippen molar-refractivity contribution in [3.63, 3.8) is 0 Å². The average Bonchev–Trinajstić information content (AvgIpc) is 2.46. The fourth-order valence-corrected chi connectivity index (χ4v) is 2.51. The molecule has 0 heterocycles. The number of aryl methyl sites for hydroxylation is 1. The van der Waals surface area contributed by atoms with Crippen LogP contribution in [0.2, 0.25) is 0 Å². The van der Waals surface area contributed by atoms with Crippen LogP contribution in [0.5, 0.6) is 0 Å². The summed E-state index contributed by atoms with van der Waals surface area (Å²) in [5, 5.41) is 0. The molecule has 0 fully saturated rings. The molecule has 0 saturated carbocycles. The monoisotopic (exact) mass is 397 g/mol. The molecule has 0 radical (unpaired) electrons. The molecule has 0 aromatic heterocycles. The van der Waals surface area contributed by atoms with E-state index in [-0.39, 0.29) is 5.78 Å². The predicted octanol–water partition coefficient (Wildman–Crippen LogP) is 3.39. The van der Waals surface area contributed by atoms with Gasteiger partial charge in [0.1, 0.15) is 0 Å². The van der Waals surface area contributed by atoms with E-state index in [0.29, 0.717) is 6.42 Å². The third kappa shape index (κ3) is 9.09. The summed E-state index contributed by atoms with van der Waals surface area (Å²) in [6.45, 7) is 4.15. The van der Waals surface area contributed by atoms with Gasteiger partial charge in [-0.1, -0.05) is 25.1 Å². The fraction of sp³-hybridized carbons (Fsp3) is 0.471. The standard InChI is InChI=1S/C17H25BINO/c1-2-6-17(21)8-3-4-13-20(18)14-5-7-15-9-11-16(19)12-10-15/h3,8-12H,2,4-7,13-14,18H2,1H3/b8-3+. The van der Waals surface area contributed by atoms with Crippen LogP contribution in [0.3, 0.4) is 0 Å². The number of hydrogen-bond donors (Lipinski definition) is 0. The normalized spacial score (nSPS) is 11.4. The molecule has 4 heteroatoms. The van der Waals surface area contributed by atoms with Crippen molar-refractivity contribution < 1.29 is 4.79 Å². The highest BCUT2D eigenvalue weighted by Gasteiger charge is 1.99. The Balaban J connectivity index is 2.12. The van der Waals surface area contributed by atoms with Gasteiger partial charge in [0.2, 0.25) is 0 Å². The van der Waals surface area contributed by atoms with Crippen molar-refractivity contribution in [3.8, 4) is 0 Å². The molecule has 0 atom stereocenters. The van der Waals surface area contributed by atoms with Crippen molar-refractivity contribution in [1.29, 1.82) is 0 Å². The number of rotatable bonds is 10. The second-order valence-corrected chi connectivity index (χ2v) is 6.69. The number of ketones is 1. The third-order valence-corrected chi connectivity index (χ3v) is 4.12. The first-order chi connectivity index (χ1) is 10.1. The molecular weight excluding hydrogens is 372 g/mol. The van der Waals surface area contributed by atoms with Crippen LogP contribution in [0.1, 0.15) is 38.2 Å². The lowest BCUT2D eigenvalue weighted by atomic mass is 10.1. The maximum atomic E-state index is 11.3. The lowest BCUT2D eigenvalue weighted by Gasteiger charge is -2.15. The van der Waals surface area contributed by atoms with Crippen LogP contribution in [0.15, 0.2) is 36.4 Å². The van der Waals surface area contributed by atoms with Gasteiger partial charge < -0.3 is 4.81 Å². The number of hydrogen-bond acceptors (Lipinski definition) is 2. The molecule has 114 valence electrons. The number of carbonyl (C=O) groups excluding carboxylic acids is 1. The molecule has 0 bridgehead atoms. The molecule has 0 aliphatic carbocycles. The Morgan fingerprint density at radius 3 is 2.67 bits per heavy atom. The largest absolute Gasteiger partial charge is 0.348 e.